The van der Waals surface area contributed by atoms with Crippen molar-refractivity contribution < 1.29 is 13.2 Å². The standard InChI is InChI=1S/C10H9ClF3N3/c1-6(4-10(12,13)14)17-3-2-7-8(11)15-5-16-9(7)17/h2-3,5-6H,4H2,1H3. The maximum atomic E-state index is 12.3. The molecule has 2 aromatic rings. The molecule has 3 nitrogen and oxygen atoms in total. The molecule has 1 atom stereocenters. The van der Waals surface area contributed by atoms with Gasteiger partial charge in [0, 0.05) is 12.2 Å². The molecule has 0 bridgehead atoms. The minimum absolute atomic E-state index is 0.243. The molecule has 1 unspecified atom stereocenters. The third-order valence-corrected chi connectivity index (χ3v) is 2.76. The Morgan fingerprint density at radius 2 is 2.12 bits per heavy atom. The molecule has 17 heavy (non-hydrogen) atoms. The molecular weight excluding hydrogens is 255 g/mol. The van der Waals surface area contributed by atoms with E-state index in [1.54, 1.807) is 12.3 Å². The predicted octanol–water partition coefficient (Wildman–Crippen LogP) is 3.60. The highest BCUT2D eigenvalue weighted by Crippen LogP contribution is 2.30. The second-order valence-corrected chi connectivity index (χ2v) is 4.15. The lowest BCUT2D eigenvalue weighted by Gasteiger charge is -2.16. The van der Waals surface area contributed by atoms with E-state index in [2.05, 4.69) is 9.97 Å². The van der Waals surface area contributed by atoms with Gasteiger partial charge in [0.1, 0.15) is 17.1 Å². The second-order valence-electron chi connectivity index (χ2n) is 3.79. The van der Waals surface area contributed by atoms with Crippen LogP contribution in [0.15, 0.2) is 18.6 Å². The topological polar surface area (TPSA) is 30.7 Å². The molecular formula is C10H9ClF3N3. The Kier molecular flexibility index (Phi) is 2.99. The summed E-state index contributed by atoms with van der Waals surface area (Å²) in [6.45, 7) is 1.49. The number of halogens is 4. The first-order valence-electron chi connectivity index (χ1n) is 4.92. The smallest absolute Gasteiger partial charge is 0.329 e. The molecule has 2 heterocycles. The van der Waals surface area contributed by atoms with E-state index < -0.39 is 18.6 Å². The molecule has 0 fully saturated rings. The zero-order valence-electron chi connectivity index (χ0n) is 8.87. The monoisotopic (exact) mass is 263 g/mol. The fourth-order valence-electron chi connectivity index (χ4n) is 1.73. The Labute approximate surface area is 100 Å². The molecule has 0 spiro atoms. The number of hydrogen-bond acceptors (Lipinski definition) is 2. The molecule has 2 aromatic heterocycles. The molecule has 0 saturated heterocycles. The summed E-state index contributed by atoms with van der Waals surface area (Å²) in [5, 5.41) is 0.802. The van der Waals surface area contributed by atoms with Crippen molar-refractivity contribution >= 4 is 22.6 Å². The zero-order chi connectivity index (χ0) is 12.6. The molecule has 0 aliphatic carbocycles. The van der Waals surface area contributed by atoms with Crippen LogP contribution in [0.25, 0.3) is 11.0 Å². The van der Waals surface area contributed by atoms with Gasteiger partial charge in [0.2, 0.25) is 0 Å². The highest BCUT2D eigenvalue weighted by molar-refractivity contribution is 6.33. The number of rotatable bonds is 2. The number of nitrogens with zero attached hydrogens (tertiary/aromatic N) is 3. The average Bonchev–Trinajstić information content (AvgIpc) is 2.60. The van der Waals surface area contributed by atoms with E-state index in [9.17, 15) is 13.2 Å². The van der Waals surface area contributed by atoms with Crippen molar-refractivity contribution in [1.82, 2.24) is 14.5 Å². The van der Waals surface area contributed by atoms with Crippen LogP contribution in [-0.4, -0.2) is 20.7 Å². The molecule has 0 aromatic carbocycles. The Morgan fingerprint density at radius 3 is 2.76 bits per heavy atom. The molecule has 0 amide bonds. The molecule has 0 aliphatic heterocycles. The van der Waals surface area contributed by atoms with Gasteiger partial charge in [-0.1, -0.05) is 11.6 Å². The first kappa shape index (κ1) is 12.2. The Bertz CT molecular complexity index is 535. The van der Waals surface area contributed by atoms with E-state index in [1.807, 2.05) is 0 Å². The SMILES string of the molecule is CC(CC(F)(F)F)n1ccc2c(Cl)ncnc21. The summed E-state index contributed by atoms with van der Waals surface area (Å²) in [6.07, 6.45) is -2.33. The van der Waals surface area contributed by atoms with Crippen LogP contribution >= 0.6 is 11.6 Å². The van der Waals surface area contributed by atoms with E-state index >= 15 is 0 Å². The van der Waals surface area contributed by atoms with Crippen LogP contribution in [0.3, 0.4) is 0 Å². The number of alkyl halides is 3. The van der Waals surface area contributed by atoms with Gasteiger partial charge in [0.15, 0.2) is 0 Å². The summed E-state index contributed by atoms with van der Waals surface area (Å²) in [5.74, 6) is 0. The summed E-state index contributed by atoms with van der Waals surface area (Å²) in [6, 6.07) is 0.892. The summed E-state index contributed by atoms with van der Waals surface area (Å²) in [4.78, 5) is 7.73. The van der Waals surface area contributed by atoms with Gasteiger partial charge in [-0.15, -0.1) is 0 Å². The number of hydrogen-bond donors (Lipinski definition) is 0. The van der Waals surface area contributed by atoms with E-state index in [0.29, 0.717) is 11.0 Å². The summed E-state index contributed by atoms with van der Waals surface area (Å²) < 4.78 is 38.4. The summed E-state index contributed by atoms with van der Waals surface area (Å²) in [7, 11) is 0. The van der Waals surface area contributed by atoms with Crippen LogP contribution in [0.4, 0.5) is 13.2 Å². The lowest BCUT2D eigenvalue weighted by molar-refractivity contribution is -0.141. The fourth-order valence-corrected chi connectivity index (χ4v) is 1.92. The first-order chi connectivity index (χ1) is 7.88. The van der Waals surface area contributed by atoms with E-state index in [0.717, 1.165) is 0 Å². The van der Waals surface area contributed by atoms with Crippen LogP contribution in [0.5, 0.6) is 0 Å². The minimum atomic E-state index is -4.20. The van der Waals surface area contributed by atoms with Crippen LogP contribution in [-0.2, 0) is 0 Å². The number of fused-ring (bicyclic) bond motifs is 1. The summed E-state index contributed by atoms with van der Waals surface area (Å²) in [5.41, 5.74) is 0.418. The van der Waals surface area contributed by atoms with Gasteiger partial charge in [-0.25, -0.2) is 9.97 Å². The van der Waals surface area contributed by atoms with E-state index in [-0.39, 0.29) is 5.15 Å². The van der Waals surface area contributed by atoms with Crippen molar-refractivity contribution in [3.8, 4) is 0 Å². The van der Waals surface area contributed by atoms with Crippen LogP contribution in [0, 0.1) is 0 Å². The third kappa shape index (κ3) is 2.52. The van der Waals surface area contributed by atoms with Gasteiger partial charge in [-0.05, 0) is 13.0 Å². The van der Waals surface area contributed by atoms with E-state index in [4.69, 9.17) is 11.6 Å². The van der Waals surface area contributed by atoms with Crippen molar-refractivity contribution in [2.24, 2.45) is 0 Å². The second kappa shape index (κ2) is 4.18. The van der Waals surface area contributed by atoms with Gasteiger partial charge in [-0.2, -0.15) is 13.2 Å². The molecule has 0 aliphatic rings. The van der Waals surface area contributed by atoms with Crippen LogP contribution in [0.2, 0.25) is 5.15 Å². The van der Waals surface area contributed by atoms with E-state index in [1.165, 1.54) is 17.8 Å². The highest BCUT2D eigenvalue weighted by Gasteiger charge is 2.31. The normalized spacial score (nSPS) is 14.2. The van der Waals surface area contributed by atoms with Gasteiger partial charge in [0.25, 0.3) is 0 Å². The van der Waals surface area contributed by atoms with Crippen LogP contribution < -0.4 is 0 Å². The van der Waals surface area contributed by atoms with Crippen LogP contribution in [0.1, 0.15) is 19.4 Å². The molecule has 0 saturated carbocycles. The predicted molar refractivity (Wildman–Crippen MR) is 57.9 cm³/mol. The Hall–Kier alpha value is -1.30. The zero-order valence-corrected chi connectivity index (χ0v) is 9.63. The molecule has 2 rings (SSSR count). The summed E-state index contributed by atoms with van der Waals surface area (Å²) >= 11 is 5.82. The Balaban J connectivity index is 2.40. The van der Waals surface area contributed by atoms with Crippen molar-refractivity contribution in [2.75, 3.05) is 0 Å². The number of aromatic nitrogens is 3. The molecule has 7 heteroatoms. The minimum Gasteiger partial charge on any atom is -0.329 e. The maximum absolute atomic E-state index is 12.3. The van der Waals surface area contributed by atoms with Crippen molar-refractivity contribution in [3.63, 3.8) is 0 Å². The first-order valence-corrected chi connectivity index (χ1v) is 5.30. The highest BCUT2D eigenvalue weighted by atomic mass is 35.5. The van der Waals surface area contributed by atoms with Crippen molar-refractivity contribution in [1.29, 1.82) is 0 Å². The average molecular weight is 264 g/mol. The molecule has 0 N–H and O–H groups in total. The molecule has 92 valence electrons. The lowest BCUT2D eigenvalue weighted by atomic mass is 10.2. The van der Waals surface area contributed by atoms with Gasteiger partial charge < -0.3 is 4.57 Å². The van der Waals surface area contributed by atoms with Gasteiger partial charge >= 0.3 is 6.18 Å². The third-order valence-electron chi connectivity index (χ3n) is 2.46. The van der Waals surface area contributed by atoms with Gasteiger partial charge in [0.05, 0.1) is 11.8 Å². The largest absolute Gasteiger partial charge is 0.391 e. The maximum Gasteiger partial charge on any atom is 0.391 e. The van der Waals surface area contributed by atoms with Gasteiger partial charge in [-0.3, -0.25) is 0 Å². The van der Waals surface area contributed by atoms with Crippen molar-refractivity contribution in [2.45, 2.75) is 25.6 Å². The quantitative estimate of drug-likeness (QED) is 0.775. The lowest BCUT2D eigenvalue weighted by Crippen LogP contribution is -2.16. The van der Waals surface area contributed by atoms with Crippen molar-refractivity contribution in [3.05, 3.63) is 23.7 Å². The Morgan fingerprint density at radius 1 is 1.41 bits per heavy atom. The molecule has 0 radical (unpaired) electrons. The fraction of sp³-hybridized carbons (Fsp3) is 0.400.